The van der Waals surface area contributed by atoms with Crippen LogP contribution >= 0.6 is 11.3 Å². The Morgan fingerprint density at radius 3 is 3.19 bits per heavy atom. The molecule has 2 atom stereocenters. The van der Waals surface area contributed by atoms with Crippen LogP contribution in [0.15, 0.2) is 17.5 Å². The van der Waals surface area contributed by atoms with Crippen molar-refractivity contribution in [2.24, 2.45) is 5.92 Å². The van der Waals surface area contributed by atoms with E-state index in [1.54, 1.807) is 11.3 Å². The molecule has 4 heteroatoms. The largest absolute Gasteiger partial charge is 0.464 e. The van der Waals surface area contributed by atoms with Gasteiger partial charge in [-0.1, -0.05) is 13.0 Å². The Morgan fingerprint density at radius 1 is 1.69 bits per heavy atom. The van der Waals surface area contributed by atoms with Gasteiger partial charge in [0.05, 0.1) is 6.61 Å². The summed E-state index contributed by atoms with van der Waals surface area (Å²) in [6, 6.07) is 3.99. The molecule has 0 amide bonds. The van der Waals surface area contributed by atoms with E-state index in [2.05, 4.69) is 18.3 Å². The Morgan fingerprint density at radius 2 is 2.56 bits per heavy atom. The summed E-state index contributed by atoms with van der Waals surface area (Å²) in [6.45, 7) is 3.50. The first-order chi connectivity index (χ1) is 7.77. The summed E-state index contributed by atoms with van der Waals surface area (Å²) >= 11 is 1.70. The fourth-order valence-electron chi connectivity index (χ4n) is 1.95. The summed E-state index contributed by atoms with van der Waals surface area (Å²) in [7, 11) is 0. The molecule has 2 unspecified atom stereocenters. The molecule has 0 aromatic carbocycles. The van der Waals surface area contributed by atoms with Gasteiger partial charge in [-0.15, -0.1) is 11.3 Å². The van der Waals surface area contributed by atoms with E-state index in [9.17, 15) is 4.79 Å². The van der Waals surface area contributed by atoms with Crippen molar-refractivity contribution in [3.63, 3.8) is 0 Å². The third-order valence-electron chi connectivity index (χ3n) is 2.96. The van der Waals surface area contributed by atoms with E-state index < -0.39 is 0 Å². The molecule has 1 aliphatic rings. The normalized spacial score (nSPS) is 24.6. The van der Waals surface area contributed by atoms with Gasteiger partial charge in [0.1, 0.15) is 6.04 Å². The van der Waals surface area contributed by atoms with E-state index in [1.807, 2.05) is 11.4 Å². The predicted octanol–water partition coefficient (Wildman–Crippen LogP) is 1.83. The first-order valence-electron chi connectivity index (χ1n) is 5.70. The van der Waals surface area contributed by atoms with E-state index >= 15 is 0 Å². The first kappa shape index (κ1) is 11.6. The average Bonchev–Trinajstić information content (AvgIpc) is 2.88. The highest BCUT2D eigenvalue weighted by Gasteiger charge is 2.30. The summed E-state index contributed by atoms with van der Waals surface area (Å²) < 4.78 is 5.27. The van der Waals surface area contributed by atoms with Crippen LogP contribution in [0, 0.1) is 5.92 Å². The van der Waals surface area contributed by atoms with Crippen molar-refractivity contribution >= 4 is 17.3 Å². The van der Waals surface area contributed by atoms with Crippen molar-refractivity contribution in [3.05, 3.63) is 22.4 Å². The van der Waals surface area contributed by atoms with Crippen LogP contribution in [0.2, 0.25) is 0 Å². The van der Waals surface area contributed by atoms with Gasteiger partial charge >= 0.3 is 5.97 Å². The van der Waals surface area contributed by atoms with E-state index in [1.165, 1.54) is 4.88 Å². The maximum Gasteiger partial charge on any atom is 0.323 e. The van der Waals surface area contributed by atoms with Crippen molar-refractivity contribution in [2.45, 2.75) is 25.8 Å². The average molecular weight is 239 g/mol. The van der Waals surface area contributed by atoms with Crippen LogP contribution in [0.3, 0.4) is 0 Å². The van der Waals surface area contributed by atoms with E-state index in [4.69, 9.17) is 4.74 Å². The molecule has 2 heterocycles. The fourth-order valence-corrected chi connectivity index (χ4v) is 2.64. The number of hydrogen-bond donors (Lipinski definition) is 1. The van der Waals surface area contributed by atoms with Crippen LogP contribution in [0.1, 0.15) is 18.2 Å². The van der Waals surface area contributed by atoms with Gasteiger partial charge < -0.3 is 10.1 Å². The highest BCUT2D eigenvalue weighted by molar-refractivity contribution is 7.09. The van der Waals surface area contributed by atoms with Crippen LogP contribution in [0.4, 0.5) is 0 Å². The summed E-state index contributed by atoms with van der Waals surface area (Å²) in [5, 5.41) is 5.22. The fraction of sp³-hybridized carbons (Fsp3) is 0.583. The molecule has 1 aromatic rings. The van der Waals surface area contributed by atoms with Crippen LogP contribution < -0.4 is 5.32 Å². The van der Waals surface area contributed by atoms with Gasteiger partial charge in [0, 0.05) is 11.3 Å². The first-order valence-corrected chi connectivity index (χ1v) is 6.58. The van der Waals surface area contributed by atoms with Crippen LogP contribution in [0.5, 0.6) is 0 Å². The highest BCUT2D eigenvalue weighted by Crippen LogP contribution is 2.16. The third-order valence-corrected chi connectivity index (χ3v) is 3.90. The molecule has 1 fully saturated rings. The SMILES string of the molecule is CC1CCNC1C(=O)OCCc1cccs1. The monoisotopic (exact) mass is 239 g/mol. The topological polar surface area (TPSA) is 38.3 Å². The summed E-state index contributed by atoms with van der Waals surface area (Å²) in [5.41, 5.74) is 0. The number of hydrogen-bond acceptors (Lipinski definition) is 4. The third kappa shape index (κ3) is 2.83. The van der Waals surface area contributed by atoms with Gasteiger partial charge in [-0.05, 0) is 30.3 Å². The van der Waals surface area contributed by atoms with E-state index in [-0.39, 0.29) is 12.0 Å². The lowest BCUT2D eigenvalue weighted by atomic mass is 10.0. The second-order valence-electron chi connectivity index (χ2n) is 4.19. The highest BCUT2D eigenvalue weighted by atomic mass is 32.1. The number of carbonyl (C=O) groups is 1. The van der Waals surface area contributed by atoms with Crippen LogP contribution in [0.25, 0.3) is 0 Å². The van der Waals surface area contributed by atoms with Crippen molar-refractivity contribution in [1.82, 2.24) is 5.32 Å². The Kier molecular flexibility index (Phi) is 3.96. The van der Waals surface area contributed by atoms with Gasteiger partial charge in [-0.3, -0.25) is 4.79 Å². The van der Waals surface area contributed by atoms with Gasteiger partial charge in [0.25, 0.3) is 0 Å². The quantitative estimate of drug-likeness (QED) is 0.815. The number of esters is 1. The Bertz CT molecular complexity index is 337. The molecule has 0 radical (unpaired) electrons. The molecule has 2 rings (SSSR count). The van der Waals surface area contributed by atoms with Crippen molar-refractivity contribution in [3.8, 4) is 0 Å². The molecule has 0 bridgehead atoms. The molecule has 0 saturated carbocycles. The number of carbonyl (C=O) groups excluding carboxylic acids is 1. The zero-order valence-corrected chi connectivity index (χ0v) is 10.3. The number of thiophene rings is 1. The molecule has 1 aliphatic heterocycles. The number of rotatable bonds is 4. The van der Waals surface area contributed by atoms with Gasteiger partial charge in [0.15, 0.2) is 0 Å². The number of nitrogens with one attached hydrogen (secondary N) is 1. The van der Waals surface area contributed by atoms with E-state index in [0.717, 1.165) is 19.4 Å². The molecule has 0 aliphatic carbocycles. The molecule has 1 N–H and O–H groups in total. The van der Waals surface area contributed by atoms with E-state index in [0.29, 0.717) is 12.5 Å². The molecule has 3 nitrogen and oxygen atoms in total. The van der Waals surface area contributed by atoms with Gasteiger partial charge in [0.2, 0.25) is 0 Å². The molecule has 16 heavy (non-hydrogen) atoms. The second kappa shape index (κ2) is 5.46. The molecular formula is C12H17NO2S. The van der Waals surface area contributed by atoms with Crippen molar-refractivity contribution in [2.75, 3.05) is 13.2 Å². The maximum atomic E-state index is 11.7. The molecule has 1 aromatic heterocycles. The lowest BCUT2D eigenvalue weighted by Crippen LogP contribution is -2.36. The lowest BCUT2D eigenvalue weighted by Gasteiger charge is -2.14. The molecular weight excluding hydrogens is 222 g/mol. The molecule has 0 spiro atoms. The molecule has 88 valence electrons. The van der Waals surface area contributed by atoms with Crippen molar-refractivity contribution < 1.29 is 9.53 Å². The Hall–Kier alpha value is -0.870. The summed E-state index contributed by atoms with van der Waals surface area (Å²) in [4.78, 5) is 13.0. The lowest BCUT2D eigenvalue weighted by molar-refractivity contribution is -0.146. The van der Waals surface area contributed by atoms with Crippen LogP contribution in [-0.2, 0) is 16.0 Å². The second-order valence-corrected chi connectivity index (χ2v) is 5.23. The number of ether oxygens (including phenoxy) is 1. The minimum absolute atomic E-state index is 0.0941. The summed E-state index contributed by atoms with van der Waals surface area (Å²) in [5.74, 6) is 0.302. The van der Waals surface area contributed by atoms with Gasteiger partial charge in [-0.2, -0.15) is 0 Å². The summed E-state index contributed by atoms with van der Waals surface area (Å²) in [6.07, 6.45) is 1.88. The standard InChI is InChI=1S/C12H17NO2S/c1-9-4-6-13-11(9)12(14)15-7-5-10-3-2-8-16-10/h2-3,8-9,11,13H,4-7H2,1H3. The smallest absolute Gasteiger partial charge is 0.323 e. The zero-order valence-electron chi connectivity index (χ0n) is 9.44. The Labute approximate surface area is 99.8 Å². The predicted molar refractivity (Wildman–Crippen MR) is 64.6 cm³/mol. The minimum atomic E-state index is -0.0958. The van der Waals surface area contributed by atoms with Crippen LogP contribution in [-0.4, -0.2) is 25.2 Å². The van der Waals surface area contributed by atoms with Crippen molar-refractivity contribution in [1.29, 1.82) is 0 Å². The maximum absolute atomic E-state index is 11.7. The minimum Gasteiger partial charge on any atom is -0.464 e. The zero-order chi connectivity index (χ0) is 11.4. The molecule has 1 saturated heterocycles. The Balaban J connectivity index is 1.71. The van der Waals surface area contributed by atoms with Gasteiger partial charge in [-0.25, -0.2) is 0 Å².